The van der Waals surface area contributed by atoms with Crippen LogP contribution in [-0.2, 0) is 14.3 Å². The number of carbonyl (C=O) groups is 2. The summed E-state index contributed by atoms with van der Waals surface area (Å²) in [6.45, 7) is 6.87. The lowest BCUT2D eigenvalue weighted by Gasteiger charge is -2.38. The molecule has 0 bridgehead atoms. The number of amides is 2. The van der Waals surface area contributed by atoms with E-state index in [9.17, 15) is 14.0 Å². The molecule has 1 saturated heterocycles. The van der Waals surface area contributed by atoms with Crippen molar-refractivity contribution in [1.29, 1.82) is 0 Å². The molecule has 138 valence electrons. The molecule has 0 spiro atoms. The van der Waals surface area contributed by atoms with Crippen molar-refractivity contribution in [2.24, 2.45) is 0 Å². The number of rotatable bonds is 5. The SMILES string of the molecule is C[C@@H]1CN(C(=O)[C@H](C)N(C)CC(=O)Nc2ccc(F)cc2)C[C@H](C)O1. The molecule has 3 atom stereocenters. The van der Waals surface area contributed by atoms with E-state index in [-0.39, 0.29) is 36.4 Å². The summed E-state index contributed by atoms with van der Waals surface area (Å²) in [4.78, 5) is 28.3. The number of ether oxygens (including phenoxy) is 1. The summed E-state index contributed by atoms with van der Waals surface area (Å²) < 4.78 is 18.5. The molecule has 0 saturated carbocycles. The molecule has 25 heavy (non-hydrogen) atoms. The summed E-state index contributed by atoms with van der Waals surface area (Å²) in [6.07, 6.45) is 0.0129. The molecule has 1 N–H and O–H groups in total. The normalized spacial score (nSPS) is 21.9. The summed E-state index contributed by atoms with van der Waals surface area (Å²) >= 11 is 0. The van der Waals surface area contributed by atoms with Crippen LogP contribution in [0.2, 0.25) is 0 Å². The molecule has 0 radical (unpaired) electrons. The van der Waals surface area contributed by atoms with Crippen LogP contribution in [0.5, 0.6) is 0 Å². The van der Waals surface area contributed by atoms with Gasteiger partial charge in [0.15, 0.2) is 0 Å². The highest BCUT2D eigenvalue weighted by Crippen LogP contribution is 2.14. The smallest absolute Gasteiger partial charge is 0.239 e. The number of carbonyl (C=O) groups excluding carboxylic acids is 2. The van der Waals surface area contributed by atoms with Gasteiger partial charge in [-0.1, -0.05) is 0 Å². The van der Waals surface area contributed by atoms with Crippen molar-refractivity contribution in [3.63, 3.8) is 0 Å². The maximum Gasteiger partial charge on any atom is 0.239 e. The molecule has 1 aliphatic rings. The second-order valence-electron chi connectivity index (χ2n) is 6.65. The minimum absolute atomic E-state index is 0.00646. The van der Waals surface area contributed by atoms with E-state index >= 15 is 0 Å². The molecule has 1 aromatic carbocycles. The Morgan fingerprint density at radius 3 is 2.40 bits per heavy atom. The molecule has 0 unspecified atom stereocenters. The number of nitrogens with zero attached hydrogens (tertiary/aromatic N) is 2. The lowest BCUT2D eigenvalue weighted by atomic mass is 10.2. The van der Waals surface area contributed by atoms with Crippen LogP contribution in [0.15, 0.2) is 24.3 Å². The van der Waals surface area contributed by atoms with Gasteiger partial charge in [-0.05, 0) is 52.1 Å². The first-order valence-electron chi connectivity index (χ1n) is 8.46. The number of nitrogens with one attached hydrogen (secondary N) is 1. The highest BCUT2D eigenvalue weighted by molar-refractivity contribution is 5.92. The fourth-order valence-electron chi connectivity index (χ4n) is 2.91. The molecule has 0 aromatic heterocycles. The molecular weight excluding hydrogens is 325 g/mol. The van der Waals surface area contributed by atoms with E-state index in [2.05, 4.69) is 5.32 Å². The van der Waals surface area contributed by atoms with Crippen LogP contribution < -0.4 is 5.32 Å². The molecule has 2 rings (SSSR count). The van der Waals surface area contributed by atoms with Gasteiger partial charge in [0, 0.05) is 18.8 Å². The molecule has 1 fully saturated rings. The molecule has 1 aliphatic heterocycles. The predicted molar refractivity (Wildman–Crippen MR) is 93.7 cm³/mol. The third kappa shape index (κ3) is 5.51. The number of hydrogen-bond acceptors (Lipinski definition) is 4. The van der Waals surface area contributed by atoms with Gasteiger partial charge in [0.05, 0.1) is 24.8 Å². The van der Waals surface area contributed by atoms with Crippen molar-refractivity contribution in [2.45, 2.75) is 39.0 Å². The highest BCUT2D eigenvalue weighted by Gasteiger charge is 2.30. The van der Waals surface area contributed by atoms with Crippen LogP contribution in [0.25, 0.3) is 0 Å². The summed E-state index contributed by atoms with van der Waals surface area (Å²) in [5.41, 5.74) is 0.523. The number of morpholine rings is 1. The number of benzene rings is 1. The topological polar surface area (TPSA) is 61.9 Å². The second kappa shape index (κ2) is 8.40. The Kier molecular flexibility index (Phi) is 6.50. The number of halogens is 1. The van der Waals surface area contributed by atoms with Gasteiger partial charge < -0.3 is 15.0 Å². The Hall–Kier alpha value is -1.99. The molecule has 7 heteroatoms. The van der Waals surface area contributed by atoms with Crippen molar-refractivity contribution in [3.8, 4) is 0 Å². The predicted octanol–water partition coefficient (Wildman–Crippen LogP) is 1.72. The van der Waals surface area contributed by atoms with E-state index in [1.165, 1.54) is 24.3 Å². The number of anilines is 1. The fourth-order valence-corrected chi connectivity index (χ4v) is 2.91. The van der Waals surface area contributed by atoms with E-state index in [0.717, 1.165) is 0 Å². The Balaban J connectivity index is 1.88. The van der Waals surface area contributed by atoms with Crippen LogP contribution in [0.4, 0.5) is 10.1 Å². The Morgan fingerprint density at radius 2 is 1.84 bits per heavy atom. The molecule has 1 aromatic rings. The minimum Gasteiger partial charge on any atom is -0.372 e. The zero-order valence-electron chi connectivity index (χ0n) is 15.2. The van der Waals surface area contributed by atoms with Crippen molar-refractivity contribution < 1.29 is 18.7 Å². The molecule has 2 amide bonds. The summed E-state index contributed by atoms with van der Waals surface area (Å²) in [6, 6.07) is 5.14. The summed E-state index contributed by atoms with van der Waals surface area (Å²) in [7, 11) is 1.74. The quantitative estimate of drug-likeness (QED) is 0.877. The van der Waals surface area contributed by atoms with Gasteiger partial charge in [0.25, 0.3) is 0 Å². The Bertz CT molecular complexity index is 598. The van der Waals surface area contributed by atoms with E-state index < -0.39 is 6.04 Å². The van der Waals surface area contributed by atoms with Crippen LogP contribution >= 0.6 is 0 Å². The van der Waals surface area contributed by atoms with E-state index in [4.69, 9.17) is 4.74 Å². The number of hydrogen-bond donors (Lipinski definition) is 1. The lowest BCUT2D eigenvalue weighted by molar-refractivity contribution is -0.148. The van der Waals surface area contributed by atoms with Gasteiger partial charge >= 0.3 is 0 Å². The van der Waals surface area contributed by atoms with Gasteiger partial charge in [-0.15, -0.1) is 0 Å². The average Bonchev–Trinajstić information content (AvgIpc) is 2.54. The molecule has 1 heterocycles. The van der Waals surface area contributed by atoms with E-state index in [0.29, 0.717) is 18.8 Å². The summed E-state index contributed by atoms with van der Waals surface area (Å²) in [5, 5.41) is 2.70. The first-order chi connectivity index (χ1) is 11.8. The second-order valence-corrected chi connectivity index (χ2v) is 6.65. The van der Waals surface area contributed by atoms with Crippen molar-refractivity contribution in [3.05, 3.63) is 30.1 Å². The fraction of sp³-hybridized carbons (Fsp3) is 0.556. The monoisotopic (exact) mass is 351 g/mol. The Morgan fingerprint density at radius 1 is 1.28 bits per heavy atom. The molecule has 6 nitrogen and oxygen atoms in total. The van der Waals surface area contributed by atoms with E-state index in [1.54, 1.807) is 23.8 Å². The minimum atomic E-state index is -0.420. The first-order valence-corrected chi connectivity index (χ1v) is 8.46. The maximum absolute atomic E-state index is 12.9. The third-order valence-corrected chi connectivity index (χ3v) is 4.27. The first kappa shape index (κ1) is 19.3. The highest BCUT2D eigenvalue weighted by atomic mass is 19.1. The van der Waals surface area contributed by atoms with Gasteiger partial charge in [-0.3, -0.25) is 14.5 Å². The van der Waals surface area contributed by atoms with Crippen LogP contribution in [0.3, 0.4) is 0 Å². The van der Waals surface area contributed by atoms with Crippen LogP contribution in [-0.4, -0.2) is 66.5 Å². The van der Waals surface area contributed by atoms with Crippen molar-refractivity contribution in [2.75, 3.05) is 32.0 Å². The van der Waals surface area contributed by atoms with Crippen molar-refractivity contribution >= 4 is 17.5 Å². The molecule has 0 aliphatic carbocycles. The lowest BCUT2D eigenvalue weighted by Crippen LogP contribution is -2.54. The van der Waals surface area contributed by atoms with E-state index in [1.807, 2.05) is 13.8 Å². The largest absolute Gasteiger partial charge is 0.372 e. The van der Waals surface area contributed by atoms with Crippen LogP contribution in [0, 0.1) is 5.82 Å². The van der Waals surface area contributed by atoms with Gasteiger partial charge in [0.1, 0.15) is 5.82 Å². The third-order valence-electron chi connectivity index (χ3n) is 4.27. The van der Waals surface area contributed by atoms with Gasteiger partial charge in [-0.2, -0.15) is 0 Å². The zero-order chi connectivity index (χ0) is 18.6. The number of likely N-dealkylation sites (N-methyl/N-ethyl adjacent to an activating group) is 1. The standard InChI is InChI=1S/C18H26FN3O3/c1-12-9-22(10-13(2)25-12)18(24)14(3)21(4)11-17(23)20-16-7-5-15(19)6-8-16/h5-8,12-14H,9-11H2,1-4H3,(H,20,23)/t12-,13+,14-/m0/s1. The van der Waals surface area contributed by atoms with Gasteiger partial charge in [0.2, 0.25) is 11.8 Å². The average molecular weight is 351 g/mol. The summed E-state index contributed by atoms with van der Waals surface area (Å²) in [5.74, 6) is -0.625. The maximum atomic E-state index is 12.9. The zero-order valence-corrected chi connectivity index (χ0v) is 15.2. The van der Waals surface area contributed by atoms with Crippen LogP contribution in [0.1, 0.15) is 20.8 Å². The van der Waals surface area contributed by atoms with Gasteiger partial charge in [-0.25, -0.2) is 4.39 Å². The van der Waals surface area contributed by atoms with Crippen molar-refractivity contribution in [1.82, 2.24) is 9.80 Å². The molecular formula is C18H26FN3O3. The Labute approximate surface area is 147 Å².